The van der Waals surface area contributed by atoms with Gasteiger partial charge in [0.1, 0.15) is 5.82 Å². The first-order valence-electron chi connectivity index (χ1n) is 7.72. The molecule has 0 atom stereocenters. The van der Waals surface area contributed by atoms with Crippen molar-refractivity contribution in [2.24, 2.45) is 4.99 Å². The van der Waals surface area contributed by atoms with Crippen LogP contribution in [-0.2, 0) is 19.4 Å². The van der Waals surface area contributed by atoms with Gasteiger partial charge in [-0.15, -0.1) is 11.3 Å². The van der Waals surface area contributed by atoms with Crippen molar-refractivity contribution in [1.29, 1.82) is 0 Å². The molecule has 0 radical (unpaired) electrons. The van der Waals surface area contributed by atoms with Gasteiger partial charge in [-0.2, -0.15) is 0 Å². The molecule has 0 aliphatic carbocycles. The zero-order valence-corrected chi connectivity index (χ0v) is 14.7. The summed E-state index contributed by atoms with van der Waals surface area (Å²) in [7, 11) is 3.74. The van der Waals surface area contributed by atoms with Gasteiger partial charge in [-0.1, -0.05) is 19.1 Å². The van der Waals surface area contributed by atoms with Gasteiger partial charge in [-0.25, -0.2) is 9.37 Å². The van der Waals surface area contributed by atoms with Gasteiger partial charge < -0.3 is 10.2 Å². The number of aromatic nitrogens is 1. The topological polar surface area (TPSA) is 40.5 Å². The fraction of sp³-hybridized carbons (Fsp3) is 0.412. The maximum atomic E-state index is 12.9. The maximum absolute atomic E-state index is 12.9. The van der Waals surface area contributed by atoms with E-state index >= 15 is 0 Å². The predicted octanol–water partition coefficient (Wildman–Crippen LogP) is 3.09. The monoisotopic (exact) mass is 334 g/mol. The summed E-state index contributed by atoms with van der Waals surface area (Å²) in [6.07, 6.45) is 3.87. The van der Waals surface area contributed by atoms with Crippen LogP contribution in [0, 0.1) is 5.82 Å². The van der Waals surface area contributed by atoms with E-state index in [1.165, 1.54) is 17.0 Å². The van der Waals surface area contributed by atoms with Crippen LogP contribution in [0.5, 0.6) is 0 Å². The van der Waals surface area contributed by atoms with Crippen molar-refractivity contribution in [2.45, 2.75) is 26.3 Å². The van der Waals surface area contributed by atoms with Crippen LogP contribution in [0.25, 0.3) is 0 Å². The fourth-order valence-electron chi connectivity index (χ4n) is 2.23. The minimum atomic E-state index is -0.214. The first-order valence-corrected chi connectivity index (χ1v) is 8.53. The van der Waals surface area contributed by atoms with E-state index in [2.05, 4.69) is 22.2 Å². The number of rotatable bonds is 6. The highest BCUT2D eigenvalue weighted by Gasteiger charge is 2.07. The zero-order valence-electron chi connectivity index (χ0n) is 13.8. The quantitative estimate of drug-likeness (QED) is 0.652. The molecule has 1 N–H and O–H groups in total. The van der Waals surface area contributed by atoms with Crippen molar-refractivity contribution in [1.82, 2.24) is 15.2 Å². The van der Waals surface area contributed by atoms with Crippen LogP contribution in [0.1, 0.15) is 22.4 Å². The van der Waals surface area contributed by atoms with E-state index in [1.54, 1.807) is 30.5 Å². The van der Waals surface area contributed by atoms with Crippen LogP contribution in [0.3, 0.4) is 0 Å². The zero-order chi connectivity index (χ0) is 16.7. The number of benzene rings is 1. The van der Waals surface area contributed by atoms with Gasteiger partial charge in [0.25, 0.3) is 0 Å². The normalized spacial score (nSPS) is 11.6. The molecule has 2 rings (SSSR count). The van der Waals surface area contributed by atoms with Crippen LogP contribution < -0.4 is 5.32 Å². The van der Waals surface area contributed by atoms with E-state index in [0.717, 1.165) is 35.9 Å². The van der Waals surface area contributed by atoms with Crippen LogP contribution in [0.15, 0.2) is 35.5 Å². The molecule has 0 bridgehead atoms. The average Bonchev–Trinajstić information content (AvgIpc) is 3.01. The Hall–Kier alpha value is -1.95. The van der Waals surface area contributed by atoms with Crippen molar-refractivity contribution >= 4 is 17.3 Å². The van der Waals surface area contributed by atoms with E-state index < -0.39 is 0 Å². The van der Waals surface area contributed by atoms with Gasteiger partial charge in [-0.3, -0.25) is 4.99 Å². The molecule has 0 spiro atoms. The van der Waals surface area contributed by atoms with Gasteiger partial charge in [0, 0.05) is 44.7 Å². The van der Waals surface area contributed by atoms with Crippen molar-refractivity contribution in [3.63, 3.8) is 0 Å². The minimum Gasteiger partial charge on any atom is -0.356 e. The molecule has 124 valence electrons. The van der Waals surface area contributed by atoms with Crippen molar-refractivity contribution in [2.75, 3.05) is 20.6 Å². The molecule has 2 aromatic rings. The Labute approximate surface area is 141 Å². The van der Waals surface area contributed by atoms with E-state index in [0.29, 0.717) is 6.54 Å². The average molecular weight is 334 g/mol. The molecule has 0 aliphatic heterocycles. The Morgan fingerprint density at radius 2 is 2.09 bits per heavy atom. The Morgan fingerprint density at radius 1 is 1.35 bits per heavy atom. The van der Waals surface area contributed by atoms with Crippen molar-refractivity contribution < 1.29 is 4.39 Å². The smallest absolute Gasteiger partial charge is 0.193 e. The highest BCUT2D eigenvalue weighted by Crippen LogP contribution is 2.13. The standard InChI is InChI=1S/C17H23FN4S/c1-4-15-11-21-16(23-15)9-10-20-17(19-2)22(3)12-13-5-7-14(18)8-6-13/h5-8,11H,4,9-10,12H2,1-3H3,(H,19,20). The lowest BCUT2D eigenvalue weighted by Gasteiger charge is -2.22. The second-order valence-electron chi connectivity index (χ2n) is 5.28. The maximum Gasteiger partial charge on any atom is 0.193 e. The van der Waals surface area contributed by atoms with Crippen LogP contribution in [-0.4, -0.2) is 36.5 Å². The number of hydrogen-bond acceptors (Lipinski definition) is 3. The fourth-order valence-corrected chi connectivity index (χ4v) is 3.09. The lowest BCUT2D eigenvalue weighted by atomic mass is 10.2. The number of aliphatic imine (C=N–C) groups is 1. The van der Waals surface area contributed by atoms with Gasteiger partial charge in [0.2, 0.25) is 0 Å². The Morgan fingerprint density at radius 3 is 2.70 bits per heavy atom. The molecule has 0 saturated carbocycles. The first kappa shape index (κ1) is 17.4. The number of halogens is 1. The molecule has 6 heteroatoms. The first-order chi connectivity index (χ1) is 11.1. The Balaban J connectivity index is 1.83. The summed E-state index contributed by atoms with van der Waals surface area (Å²) in [5, 5.41) is 4.49. The largest absolute Gasteiger partial charge is 0.356 e. The number of thiazole rings is 1. The second kappa shape index (κ2) is 8.62. The Bertz CT molecular complexity index is 636. The van der Waals surface area contributed by atoms with Crippen molar-refractivity contribution in [3.05, 3.63) is 51.7 Å². The van der Waals surface area contributed by atoms with Crippen LogP contribution >= 0.6 is 11.3 Å². The summed E-state index contributed by atoms with van der Waals surface area (Å²) in [4.78, 5) is 12.1. The van der Waals surface area contributed by atoms with Gasteiger partial charge in [-0.05, 0) is 24.1 Å². The third-order valence-corrected chi connectivity index (χ3v) is 4.68. The van der Waals surface area contributed by atoms with E-state index in [1.807, 2.05) is 18.1 Å². The lowest BCUT2D eigenvalue weighted by molar-refractivity contribution is 0.476. The molecule has 0 unspecified atom stereocenters. The summed E-state index contributed by atoms with van der Waals surface area (Å²) in [5.74, 6) is 0.607. The van der Waals surface area contributed by atoms with Crippen molar-refractivity contribution in [3.8, 4) is 0 Å². The third kappa shape index (κ3) is 5.32. The van der Waals surface area contributed by atoms with E-state index in [-0.39, 0.29) is 5.82 Å². The minimum absolute atomic E-state index is 0.214. The highest BCUT2D eigenvalue weighted by atomic mass is 32.1. The van der Waals surface area contributed by atoms with Gasteiger partial charge >= 0.3 is 0 Å². The molecule has 0 amide bonds. The summed E-state index contributed by atoms with van der Waals surface area (Å²) in [6.45, 7) is 3.61. The molecule has 0 fully saturated rings. The van der Waals surface area contributed by atoms with E-state index in [9.17, 15) is 4.39 Å². The van der Waals surface area contributed by atoms with E-state index in [4.69, 9.17) is 0 Å². The molecule has 1 aromatic heterocycles. The van der Waals surface area contributed by atoms with Gasteiger partial charge in [0.15, 0.2) is 5.96 Å². The third-order valence-electron chi connectivity index (χ3n) is 3.48. The number of nitrogens with zero attached hydrogens (tertiary/aromatic N) is 3. The summed E-state index contributed by atoms with van der Waals surface area (Å²) >= 11 is 1.76. The molecule has 1 aromatic carbocycles. The number of aryl methyl sites for hydroxylation is 1. The predicted molar refractivity (Wildman–Crippen MR) is 94.4 cm³/mol. The van der Waals surface area contributed by atoms with Gasteiger partial charge in [0.05, 0.1) is 5.01 Å². The molecule has 1 heterocycles. The SMILES string of the molecule is CCc1cnc(CCNC(=NC)N(C)Cc2ccc(F)cc2)s1. The molecule has 0 saturated heterocycles. The van der Waals surface area contributed by atoms with Crippen LogP contribution in [0.4, 0.5) is 4.39 Å². The second-order valence-corrected chi connectivity index (χ2v) is 6.48. The molecule has 0 aliphatic rings. The molecule has 23 heavy (non-hydrogen) atoms. The number of hydrogen-bond donors (Lipinski definition) is 1. The van der Waals surface area contributed by atoms with Crippen LogP contribution in [0.2, 0.25) is 0 Å². The molecular formula is C17H23FN4S. The number of nitrogens with one attached hydrogen (secondary N) is 1. The molecule has 4 nitrogen and oxygen atoms in total. The molecular weight excluding hydrogens is 311 g/mol. The summed E-state index contributed by atoms with van der Waals surface area (Å²) in [6, 6.07) is 6.54. The lowest BCUT2D eigenvalue weighted by Crippen LogP contribution is -2.39. The number of guanidine groups is 1. The summed E-state index contributed by atoms with van der Waals surface area (Å²) < 4.78 is 12.9. The highest BCUT2D eigenvalue weighted by molar-refractivity contribution is 7.11. The summed E-state index contributed by atoms with van der Waals surface area (Å²) in [5.41, 5.74) is 1.05. The Kier molecular flexibility index (Phi) is 6.52.